The fourth-order valence-corrected chi connectivity index (χ4v) is 6.73. The predicted octanol–water partition coefficient (Wildman–Crippen LogP) is 4.01. The molecular formula is C22H24O6S. The van der Waals surface area contributed by atoms with Gasteiger partial charge in [0.05, 0.1) is 37.7 Å². The van der Waals surface area contributed by atoms with Gasteiger partial charge >= 0.3 is 5.97 Å². The molecule has 0 aliphatic heterocycles. The molecule has 3 aliphatic carbocycles. The van der Waals surface area contributed by atoms with Crippen molar-refractivity contribution < 1.29 is 27.1 Å². The van der Waals surface area contributed by atoms with E-state index in [0.29, 0.717) is 23.5 Å². The van der Waals surface area contributed by atoms with Crippen LogP contribution in [0.25, 0.3) is 11.1 Å². The molecule has 0 amide bonds. The summed E-state index contributed by atoms with van der Waals surface area (Å²) in [7, 11) is -0.730. The van der Waals surface area contributed by atoms with E-state index in [2.05, 4.69) is 6.08 Å². The third kappa shape index (κ3) is 3.59. The Morgan fingerprint density at radius 2 is 2.00 bits per heavy atom. The molecule has 0 radical (unpaired) electrons. The largest absolute Gasteiger partial charge is 0.495 e. The predicted molar refractivity (Wildman–Crippen MR) is 108 cm³/mol. The maximum atomic E-state index is 13.3. The Balaban J connectivity index is 1.75. The van der Waals surface area contributed by atoms with E-state index < -0.39 is 21.1 Å². The normalized spacial score (nSPS) is 23.2. The number of sulfone groups is 1. The molecule has 3 atom stereocenters. The van der Waals surface area contributed by atoms with Crippen LogP contribution in [0, 0.1) is 11.8 Å². The molecule has 29 heavy (non-hydrogen) atoms. The van der Waals surface area contributed by atoms with E-state index >= 15 is 0 Å². The van der Waals surface area contributed by atoms with Gasteiger partial charge in [0.2, 0.25) is 0 Å². The lowest BCUT2D eigenvalue weighted by Gasteiger charge is -2.37. The van der Waals surface area contributed by atoms with Gasteiger partial charge in [0.15, 0.2) is 9.84 Å². The molecule has 2 aromatic rings. The minimum atomic E-state index is -3.46. The number of esters is 1. The van der Waals surface area contributed by atoms with Gasteiger partial charge in [-0.25, -0.2) is 13.2 Å². The molecule has 154 valence electrons. The summed E-state index contributed by atoms with van der Waals surface area (Å²) in [5, 5.41) is -0.406. The van der Waals surface area contributed by atoms with Gasteiger partial charge < -0.3 is 13.9 Å². The van der Waals surface area contributed by atoms with E-state index in [0.717, 1.165) is 18.4 Å². The summed E-state index contributed by atoms with van der Waals surface area (Å²) in [6.07, 6.45) is 9.86. The van der Waals surface area contributed by atoms with Crippen molar-refractivity contribution in [3.8, 4) is 16.9 Å². The van der Waals surface area contributed by atoms with Crippen LogP contribution in [-0.2, 0) is 20.3 Å². The monoisotopic (exact) mass is 416 g/mol. The molecule has 5 rings (SSSR count). The molecular weight excluding hydrogens is 392 g/mol. The summed E-state index contributed by atoms with van der Waals surface area (Å²) in [4.78, 5) is 12.6. The molecule has 3 unspecified atom stereocenters. The average molecular weight is 416 g/mol. The topological polar surface area (TPSA) is 82.8 Å². The molecule has 2 bridgehead atoms. The zero-order chi connectivity index (χ0) is 20.6. The number of methoxy groups -OCH3 is 2. The van der Waals surface area contributed by atoms with E-state index in [1.165, 1.54) is 20.5 Å². The van der Waals surface area contributed by atoms with Crippen molar-refractivity contribution >= 4 is 15.8 Å². The molecule has 0 spiro atoms. The maximum absolute atomic E-state index is 13.3. The Bertz CT molecular complexity index is 1040. The molecule has 6 nitrogen and oxygen atoms in total. The van der Waals surface area contributed by atoms with Gasteiger partial charge in [-0.3, -0.25) is 0 Å². The lowest BCUT2D eigenvalue weighted by atomic mass is 9.76. The standard InChI is InChI=1S/C22H24O6S/c1-26-21-18(16-9-10-28-12-16)8-7-17(20(21)22(23)27-2)13-29(24,25)19-11-14-3-5-15(19)6-4-14/h3,5,7-10,12,14-15,19H,4,6,11,13H2,1-2H3. The van der Waals surface area contributed by atoms with Gasteiger partial charge in [-0.15, -0.1) is 0 Å². The number of allylic oxidation sites excluding steroid dienone is 2. The summed E-state index contributed by atoms with van der Waals surface area (Å²) in [5.74, 6) is -0.170. The smallest absolute Gasteiger partial charge is 0.341 e. The zero-order valence-corrected chi connectivity index (χ0v) is 17.3. The quantitative estimate of drug-likeness (QED) is 0.523. The third-order valence-corrected chi connectivity index (χ3v) is 8.18. The van der Waals surface area contributed by atoms with E-state index in [4.69, 9.17) is 13.9 Å². The lowest BCUT2D eigenvalue weighted by molar-refractivity contribution is 0.0596. The highest BCUT2D eigenvalue weighted by atomic mass is 32.2. The second-order valence-corrected chi connectivity index (χ2v) is 9.87. The average Bonchev–Trinajstić information content (AvgIpc) is 3.28. The third-order valence-electron chi connectivity index (χ3n) is 6.00. The molecule has 0 N–H and O–H groups in total. The summed E-state index contributed by atoms with van der Waals surface area (Å²) in [6, 6.07) is 5.18. The molecule has 7 heteroatoms. The summed E-state index contributed by atoms with van der Waals surface area (Å²) >= 11 is 0. The van der Waals surface area contributed by atoms with Gasteiger partial charge in [-0.2, -0.15) is 0 Å². The first-order valence-electron chi connectivity index (χ1n) is 9.65. The number of benzene rings is 1. The number of carbonyl (C=O) groups excluding carboxylic acids is 1. The van der Waals surface area contributed by atoms with Crippen molar-refractivity contribution in [3.63, 3.8) is 0 Å². The van der Waals surface area contributed by atoms with Gasteiger partial charge in [-0.05, 0) is 42.7 Å². The lowest BCUT2D eigenvalue weighted by Crippen LogP contribution is -2.38. The number of furan rings is 1. The maximum Gasteiger partial charge on any atom is 0.341 e. The fourth-order valence-electron chi connectivity index (χ4n) is 4.54. The van der Waals surface area contributed by atoms with Crippen LogP contribution < -0.4 is 4.74 Å². The second-order valence-electron chi connectivity index (χ2n) is 7.65. The van der Waals surface area contributed by atoms with Crippen molar-refractivity contribution in [2.24, 2.45) is 11.8 Å². The minimum Gasteiger partial charge on any atom is -0.495 e. The van der Waals surface area contributed by atoms with Crippen LogP contribution in [0.2, 0.25) is 0 Å². The Kier molecular flexibility index (Phi) is 5.25. The summed E-state index contributed by atoms with van der Waals surface area (Å²) in [5.41, 5.74) is 1.92. The van der Waals surface area contributed by atoms with E-state index in [9.17, 15) is 13.2 Å². The zero-order valence-electron chi connectivity index (χ0n) is 16.5. The van der Waals surface area contributed by atoms with E-state index in [1.54, 1.807) is 24.5 Å². The van der Waals surface area contributed by atoms with Gasteiger partial charge in [0.25, 0.3) is 0 Å². The van der Waals surface area contributed by atoms with Crippen molar-refractivity contribution in [1.29, 1.82) is 0 Å². The number of fused-ring (bicyclic) bond motifs is 2. The Morgan fingerprint density at radius 3 is 2.55 bits per heavy atom. The molecule has 1 aromatic carbocycles. The van der Waals surface area contributed by atoms with Crippen LogP contribution in [0.4, 0.5) is 0 Å². The first kappa shape index (κ1) is 19.8. The first-order valence-corrected chi connectivity index (χ1v) is 11.4. The van der Waals surface area contributed by atoms with Crippen LogP contribution in [0.1, 0.15) is 35.2 Å². The molecule has 3 aliphatic rings. The van der Waals surface area contributed by atoms with Crippen molar-refractivity contribution in [2.75, 3.05) is 14.2 Å². The Hall–Kier alpha value is -2.54. The Labute approximate surface area is 170 Å². The van der Waals surface area contributed by atoms with Crippen LogP contribution in [0.3, 0.4) is 0 Å². The molecule has 0 saturated heterocycles. The number of carbonyl (C=O) groups is 1. The van der Waals surface area contributed by atoms with Crippen LogP contribution >= 0.6 is 0 Å². The Morgan fingerprint density at radius 1 is 1.17 bits per heavy atom. The fraction of sp³-hybridized carbons (Fsp3) is 0.409. The number of ether oxygens (including phenoxy) is 2. The van der Waals surface area contributed by atoms with Crippen LogP contribution in [-0.4, -0.2) is 33.9 Å². The van der Waals surface area contributed by atoms with Gasteiger partial charge in [0, 0.05) is 11.1 Å². The number of hydrogen-bond donors (Lipinski definition) is 0. The van der Waals surface area contributed by atoms with Crippen molar-refractivity contribution in [1.82, 2.24) is 0 Å². The highest BCUT2D eigenvalue weighted by Crippen LogP contribution is 2.42. The molecule has 1 heterocycles. The molecule has 1 aromatic heterocycles. The second kappa shape index (κ2) is 7.71. The summed E-state index contributed by atoms with van der Waals surface area (Å²) < 4.78 is 42.2. The molecule has 1 saturated carbocycles. The van der Waals surface area contributed by atoms with Crippen LogP contribution in [0.15, 0.2) is 47.3 Å². The summed E-state index contributed by atoms with van der Waals surface area (Å²) in [6.45, 7) is 0. The highest BCUT2D eigenvalue weighted by Gasteiger charge is 2.40. The van der Waals surface area contributed by atoms with Gasteiger partial charge in [-0.1, -0.05) is 24.3 Å². The minimum absolute atomic E-state index is 0.0543. The molecule has 1 fully saturated rings. The van der Waals surface area contributed by atoms with Crippen molar-refractivity contribution in [3.05, 3.63) is 54.0 Å². The van der Waals surface area contributed by atoms with Crippen LogP contribution in [0.5, 0.6) is 5.75 Å². The van der Waals surface area contributed by atoms with Gasteiger partial charge in [0.1, 0.15) is 11.3 Å². The van der Waals surface area contributed by atoms with E-state index in [-0.39, 0.29) is 23.0 Å². The number of hydrogen-bond acceptors (Lipinski definition) is 6. The van der Waals surface area contributed by atoms with Crippen molar-refractivity contribution in [2.45, 2.75) is 30.3 Å². The van der Waals surface area contributed by atoms with E-state index in [1.807, 2.05) is 6.08 Å². The number of rotatable bonds is 6. The SMILES string of the molecule is COC(=O)c1c(CS(=O)(=O)C2CC3C=CC2CC3)ccc(-c2ccoc2)c1OC. The highest BCUT2D eigenvalue weighted by molar-refractivity contribution is 7.91. The first-order chi connectivity index (χ1) is 13.9.